The van der Waals surface area contributed by atoms with E-state index in [0.29, 0.717) is 31.0 Å². The van der Waals surface area contributed by atoms with Crippen LogP contribution in [0, 0.1) is 17.2 Å². The smallest absolute Gasteiger partial charge is 0.222 e. The molecule has 0 saturated carbocycles. The van der Waals surface area contributed by atoms with Crippen molar-refractivity contribution in [3.63, 3.8) is 0 Å². The summed E-state index contributed by atoms with van der Waals surface area (Å²) in [6.07, 6.45) is 1.36. The van der Waals surface area contributed by atoms with E-state index >= 15 is 0 Å². The topological polar surface area (TPSA) is 70.1 Å². The summed E-state index contributed by atoms with van der Waals surface area (Å²) in [7, 11) is 1.80. The second-order valence-electron chi connectivity index (χ2n) is 4.94. The van der Waals surface area contributed by atoms with Crippen LogP contribution in [0.3, 0.4) is 0 Å². The van der Waals surface area contributed by atoms with Gasteiger partial charge in [0.1, 0.15) is 0 Å². The number of nitrogens with zero attached hydrogens (tertiary/aromatic N) is 2. The van der Waals surface area contributed by atoms with Crippen LogP contribution in [0.15, 0.2) is 24.3 Å². The van der Waals surface area contributed by atoms with E-state index in [1.165, 1.54) is 0 Å². The van der Waals surface area contributed by atoms with Crippen LogP contribution in [-0.2, 0) is 11.3 Å². The Bertz CT molecular complexity index is 447. The second-order valence-corrected chi connectivity index (χ2v) is 4.94. The van der Waals surface area contributed by atoms with E-state index in [9.17, 15) is 4.79 Å². The molecule has 0 fully saturated rings. The monoisotopic (exact) mass is 259 g/mol. The third-order valence-electron chi connectivity index (χ3n) is 3.18. The molecule has 1 amide bonds. The predicted molar refractivity (Wildman–Crippen MR) is 75.1 cm³/mol. The van der Waals surface area contributed by atoms with Gasteiger partial charge in [-0.05, 0) is 36.6 Å². The van der Waals surface area contributed by atoms with E-state index in [1.807, 2.05) is 19.1 Å². The fourth-order valence-corrected chi connectivity index (χ4v) is 1.73. The zero-order chi connectivity index (χ0) is 14.3. The van der Waals surface area contributed by atoms with Crippen molar-refractivity contribution in [1.82, 2.24) is 4.90 Å². The van der Waals surface area contributed by atoms with Gasteiger partial charge in [-0.25, -0.2) is 0 Å². The molecular weight excluding hydrogens is 238 g/mol. The molecule has 0 heterocycles. The normalized spacial score (nSPS) is 11.7. The van der Waals surface area contributed by atoms with Gasteiger partial charge in [0.05, 0.1) is 11.6 Å². The maximum atomic E-state index is 11.9. The Morgan fingerprint density at radius 1 is 1.42 bits per heavy atom. The summed E-state index contributed by atoms with van der Waals surface area (Å²) in [5, 5.41) is 8.72. The first-order chi connectivity index (χ1) is 9.06. The van der Waals surface area contributed by atoms with Crippen LogP contribution in [0.1, 0.15) is 30.9 Å². The van der Waals surface area contributed by atoms with Crippen molar-refractivity contribution in [1.29, 1.82) is 5.26 Å². The highest BCUT2D eigenvalue weighted by molar-refractivity contribution is 5.75. The number of nitriles is 1. The molecular formula is C15H21N3O. The lowest BCUT2D eigenvalue weighted by Crippen LogP contribution is -2.26. The summed E-state index contributed by atoms with van der Waals surface area (Å²) in [6, 6.07) is 9.37. The molecule has 0 bridgehead atoms. The molecule has 0 radical (unpaired) electrons. The Labute approximate surface area is 114 Å². The van der Waals surface area contributed by atoms with E-state index < -0.39 is 0 Å². The van der Waals surface area contributed by atoms with Crippen LogP contribution >= 0.6 is 0 Å². The maximum Gasteiger partial charge on any atom is 0.222 e. The third-order valence-corrected chi connectivity index (χ3v) is 3.18. The number of amides is 1. The molecule has 102 valence electrons. The zero-order valence-electron chi connectivity index (χ0n) is 11.6. The first kappa shape index (κ1) is 15.2. The van der Waals surface area contributed by atoms with Crippen molar-refractivity contribution < 1.29 is 4.79 Å². The van der Waals surface area contributed by atoms with Crippen LogP contribution in [-0.4, -0.2) is 24.4 Å². The first-order valence-electron chi connectivity index (χ1n) is 6.50. The lowest BCUT2D eigenvalue weighted by Gasteiger charge is -2.18. The SMILES string of the molecule is CC(CN)CCC(=O)N(C)Cc1ccc(C#N)cc1. The molecule has 1 aromatic rings. The van der Waals surface area contributed by atoms with Gasteiger partial charge in [-0.1, -0.05) is 19.1 Å². The number of carbonyl (C=O) groups is 1. The van der Waals surface area contributed by atoms with Gasteiger partial charge in [0, 0.05) is 20.0 Å². The lowest BCUT2D eigenvalue weighted by atomic mass is 10.1. The molecule has 2 N–H and O–H groups in total. The van der Waals surface area contributed by atoms with E-state index in [2.05, 4.69) is 6.07 Å². The van der Waals surface area contributed by atoms with Crippen LogP contribution in [0.25, 0.3) is 0 Å². The average molecular weight is 259 g/mol. The molecule has 0 aliphatic carbocycles. The lowest BCUT2D eigenvalue weighted by molar-refractivity contribution is -0.130. The third kappa shape index (κ3) is 5.11. The molecule has 0 aliphatic rings. The van der Waals surface area contributed by atoms with Gasteiger partial charge in [0.25, 0.3) is 0 Å². The minimum atomic E-state index is 0.129. The summed E-state index contributed by atoms with van der Waals surface area (Å²) < 4.78 is 0. The molecule has 1 rings (SSSR count). The maximum absolute atomic E-state index is 11.9. The van der Waals surface area contributed by atoms with Crippen LogP contribution in [0.2, 0.25) is 0 Å². The number of hydrogen-bond acceptors (Lipinski definition) is 3. The minimum Gasteiger partial charge on any atom is -0.341 e. The molecule has 1 aromatic carbocycles. The quantitative estimate of drug-likeness (QED) is 0.848. The van der Waals surface area contributed by atoms with Crippen LogP contribution < -0.4 is 5.73 Å². The minimum absolute atomic E-state index is 0.129. The fraction of sp³-hybridized carbons (Fsp3) is 0.467. The number of carbonyl (C=O) groups excluding carboxylic acids is 1. The highest BCUT2D eigenvalue weighted by atomic mass is 16.2. The summed E-state index contributed by atoms with van der Waals surface area (Å²) in [5.74, 6) is 0.511. The van der Waals surface area contributed by atoms with Crippen LogP contribution in [0.4, 0.5) is 0 Å². The number of benzene rings is 1. The largest absolute Gasteiger partial charge is 0.341 e. The summed E-state index contributed by atoms with van der Waals surface area (Å²) in [5.41, 5.74) is 7.20. The van der Waals surface area contributed by atoms with Gasteiger partial charge >= 0.3 is 0 Å². The Morgan fingerprint density at radius 3 is 2.58 bits per heavy atom. The zero-order valence-corrected chi connectivity index (χ0v) is 11.6. The summed E-state index contributed by atoms with van der Waals surface area (Å²) in [6.45, 7) is 3.24. The summed E-state index contributed by atoms with van der Waals surface area (Å²) in [4.78, 5) is 13.6. The first-order valence-corrected chi connectivity index (χ1v) is 6.50. The van der Waals surface area contributed by atoms with Crippen molar-refractivity contribution in [3.05, 3.63) is 35.4 Å². The van der Waals surface area contributed by atoms with Crippen molar-refractivity contribution in [2.24, 2.45) is 11.7 Å². The molecule has 0 aliphatic heterocycles. The molecule has 1 atom stereocenters. The Balaban J connectivity index is 2.47. The van der Waals surface area contributed by atoms with Crippen molar-refractivity contribution >= 4 is 5.91 Å². The molecule has 0 saturated heterocycles. The molecule has 4 nitrogen and oxygen atoms in total. The number of hydrogen-bond donors (Lipinski definition) is 1. The highest BCUT2D eigenvalue weighted by Gasteiger charge is 2.10. The molecule has 1 unspecified atom stereocenters. The molecule has 19 heavy (non-hydrogen) atoms. The van der Waals surface area contributed by atoms with Crippen molar-refractivity contribution in [2.45, 2.75) is 26.3 Å². The number of rotatable bonds is 6. The van der Waals surface area contributed by atoms with Crippen molar-refractivity contribution in [3.8, 4) is 6.07 Å². The van der Waals surface area contributed by atoms with Gasteiger partial charge < -0.3 is 10.6 Å². The van der Waals surface area contributed by atoms with E-state index in [-0.39, 0.29) is 5.91 Å². The van der Waals surface area contributed by atoms with E-state index in [4.69, 9.17) is 11.0 Å². The van der Waals surface area contributed by atoms with Crippen LogP contribution in [0.5, 0.6) is 0 Å². The molecule has 0 spiro atoms. The fourth-order valence-electron chi connectivity index (χ4n) is 1.73. The van der Waals surface area contributed by atoms with E-state index in [1.54, 1.807) is 24.1 Å². The predicted octanol–water partition coefficient (Wildman–Crippen LogP) is 1.89. The highest BCUT2D eigenvalue weighted by Crippen LogP contribution is 2.09. The van der Waals surface area contributed by atoms with Gasteiger partial charge in [0.15, 0.2) is 0 Å². The van der Waals surface area contributed by atoms with Gasteiger partial charge in [-0.3, -0.25) is 4.79 Å². The Morgan fingerprint density at radius 2 is 2.05 bits per heavy atom. The number of nitrogens with two attached hydrogens (primary N) is 1. The standard InChI is InChI=1S/C15H21N3O/c1-12(9-16)3-8-15(19)18(2)11-14-6-4-13(10-17)5-7-14/h4-7,12H,3,8-9,11,16H2,1-2H3. The Hall–Kier alpha value is -1.86. The van der Waals surface area contributed by atoms with Crippen molar-refractivity contribution in [2.75, 3.05) is 13.6 Å². The average Bonchev–Trinajstić information content (AvgIpc) is 2.44. The Kier molecular flexibility index (Phi) is 6.04. The molecule has 4 heteroatoms. The van der Waals surface area contributed by atoms with E-state index in [0.717, 1.165) is 12.0 Å². The molecule has 0 aromatic heterocycles. The van der Waals surface area contributed by atoms with Gasteiger partial charge in [-0.2, -0.15) is 5.26 Å². The van der Waals surface area contributed by atoms with Gasteiger partial charge in [0.2, 0.25) is 5.91 Å². The second kappa shape index (κ2) is 7.55. The summed E-state index contributed by atoms with van der Waals surface area (Å²) >= 11 is 0. The van der Waals surface area contributed by atoms with Gasteiger partial charge in [-0.15, -0.1) is 0 Å².